The van der Waals surface area contributed by atoms with Gasteiger partial charge in [-0.25, -0.2) is 9.07 Å². The van der Waals surface area contributed by atoms with Crippen LogP contribution in [0.5, 0.6) is 11.5 Å². The van der Waals surface area contributed by atoms with E-state index in [4.69, 9.17) is 9.47 Å². The molecule has 0 fully saturated rings. The number of halogens is 1. The predicted molar refractivity (Wildman–Crippen MR) is 127 cm³/mol. The van der Waals surface area contributed by atoms with Crippen LogP contribution in [0.15, 0.2) is 48.7 Å². The van der Waals surface area contributed by atoms with Gasteiger partial charge in [0, 0.05) is 18.3 Å². The molecule has 2 aromatic carbocycles. The maximum absolute atomic E-state index is 13.3. The Kier molecular flexibility index (Phi) is 8.43. The van der Waals surface area contributed by atoms with E-state index in [2.05, 4.69) is 29.2 Å². The number of benzene rings is 2. The number of aromatic nitrogens is 2. The summed E-state index contributed by atoms with van der Waals surface area (Å²) in [5.74, 6) is 0.571. The molecule has 0 aliphatic rings. The van der Waals surface area contributed by atoms with Crippen LogP contribution >= 0.6 is 0 Å². The molecule has 0 unspecified atom stereocenters. The number of carbonyl (C=O) groups is 1. The minimum Gasteiger partial charge on any atom is -0.493 e. The van der Waals surface area contributed by atoms with Crippen LogP contribution in [0.2, 0.25) is 0 Å². The zero-order chi connectivity index (χ0) is 23.8. The summed E-state index contributed by atoms with van der Waals surface area (Å²) >= 11 is 0. The molecule has 0 atom stereocenters. The highest BCUT2D eigenvalue weighted by atomic mass is 19.1. The van der Waals surface area contributed by atoms with Gasteiger partial charge in [0.2, 0.25) is 0 Å². The minimum absolute atomic E-state index is 0.278. The summed E-state index contributed by atoms with van der Waals surface area (Å²) in [6, 6.07) is 11.3. The number of hydrogen-bond acceptors (Lipinski definition) is 5. The maximum Gasteiger partial charge on any atom is 0.259 e. The van der Waals surface area contributed by atoms with Crippen LogP contribution in [0.1, 0.15) is 36.8 Å². The van der Waals surface area contributed by atoms with Crippen molar-refractivity contribution in [2.75, 3.05) is 38.7 Å². The van der Waals surface area contributed by atoms with E-state index in [1.807, 2.05) is 6.92 Å². The van der Waals surface area contributed by atoms with Crippen LogP contribution in [0.25, 0.3) is 5.69 Å². The number of likely N-dealkylation sites (N-methyl/N-ethyl adjacent to an activating group) is 1. The van der Waals surface area contributed by atoms with Gasteiger partial charge in [-0.1, -0.05) is 20.8 Å². The third-order valence-corrected chi connectivity index (χ3v) is 5.50. The Morgan fingerprint density at radius 2 is 1.82 bits per heavy atom. The molecular weight excluding hydrogens is 423 g/mol. The summed E-state index contributed by atoms with van der Waals surface area (Å²) in [5.41, 5.74) is 2.49. The topological polar surface area (TPSA) is 68.6 Å². The van der Waals surface area contributed by atoms with Gasteiger partial charge in [0.1, 0.15) is 12.4 Å². The second-order valence-electron chi connectivity index (χ2n) is 7.44. The summed E-state index contributed by atoms with van der Waals surface area (Å²) in [6.07, 6.45) is 2.12. The van der Waals surface area contributed by atoms with E-state index in [-0.39, 0.29) is 11.7 Å². The van der Waals surface area contributed by atoms with Gasteiger partial charge in [0.15, 0.2) is 11.5 Å². The fourth-order valence-electron chi connectivity index (χ4n) is 3.60. The molecule has 33 heavy (non-hydrogen) atoms. The highest BCUT2D eigenvalue weighted by Gasteiger charge is 2.18. The van der Waals surface area contributed by atoms with Crippen LogP contribution < -0.4 is 14.8 Å². The molecule has 0 bridgehead atoms. The molecule has 8 heteroatoms. The van der Waals surface area contributed by atoms with Crippen molar-refractivity contribution in [3.05, 3.63) is 65.7 Å². The molecule has 7 nitrogen and oxygen atoms in total. The molecule has 1 heterocycles. The van der Waals surface area contributed by atoms with Gasteiger partial charge in [0.25, 0.3) is 5.91 Å². The van der Waals surface area contributed by atoms with Crippen LogP contribution in [-0.4, -0.2) is 53.9 Å². The number of carbonyl (C=O) groups excluding carboxylic acids is 1. The zero-order valence-corrected chi connectivity index (χ0v) is 19.6. The van der Waals surface area contributed by atoms with Crippen molar-refractivity contribution in [1.82, 2.24) is 14.7 Å². The summed E-state index contributed by atoms with van der Waals surface area (Å²) in [4.78, 5) is 15.3. The summed E-state index contributed by atoms with van der Waals surface area (Å²) < 4.78 is 26.3. The van der Waals surface area contributed by atoms with Crippen LogP contribution in [0, 0.1) is 5.82 Å². The van der Waals surface area contributed by atoms with Crippen LogP contribution in [0.4, 0.5) is 10.1 Å². The molecule has 0 aliphatic carbocycles. The molecule has 0 spiro atoms. The number of methoxy groups -OCH3 is 1. The molecule has 0 saturated carbocycles. The first-order chi connectivity index (χ1) is 16.0. The molecule has 3 rings (SSSR count). The first kappa shape index (κ1) is 24.3. The van der Waals surface area contributed by atoms with Gasteiger partial charge in [-0.3, -0.25) is 4.79 Å². The monoisotopic (exact) mass is 454 g/mol. The number of nitrogens with one attached hydrogen (secondary N) is 1. The molecular formula is C25H31FN4O3. The number of nitrogens with zero attached hydrogens (tertiary/aromatic N) is 3. The summed E-state index contributed by atoms with van der Waals surface area (Å²) in [6.45, 7) is 9.40. The lowest BCUT2D eigenvalue weighted by Crippen LogP contribution is -2.28. The van der Waals surface area contributed by atoms with Crippen molar-refractivity contribution >= 4 is 11.6 Å². The summed E-state index contributed by atoms with van der Waals surface area (Å²) in [5, 5.41) is 7.27. The lowest BCUT2D eigenvalue weighted by molar-refractivity contribution is 0.102. The number of hydrogen-bond donors (Lipinski definition) is 1. The smallest absolute Gasteiger partial charge is 0.259 e. The Hall–Kier alpha value is -3.39. The van der Waals surface area contributed by atoms with Crippen molar-refractivity contribution in [1.29, 1.82) is 0 Å². The van der Waals surface area contributed by atoms with Crippen molar-refractivity contribution in [3.63, 3.8) is 0 Å². The normalized spacial score (nSPS) is 11.0. The second kappa shape index (κ2) is 11.5. The van der Waals surface area contributed by atoms with E-state index in [0.29, 0.717) is 41.5 Å². The number of rotatable bonds is 11. The van der Waals surface area contributed by atoms with Crippen molar-refractivity contribution in [2.45, 2.75) is 27.2 Å². The highest BCUT2D eigenvalue weighted by Crippen LogP contribution is 2.30. The quantitative estimate of drug-likeness (QED) is 0.460. The Morgan fingerprint density at radius 1 is 1.09 bits per heavy atom. The largest absolute Gasteiger partial charge is 0.493 e. The predicted octanol–water partition coefficient (Wildman–Crippen LogP) is 4.56. The molecule has 1 amide bonds. The van der Waals surface area contributed by atoms with E-state index in [0.717, 1.165) is 25.3 Å². The first-order valence-corrected chi connectivity index (χ1v) is 11.2. The molecule has 3 aromatic rings. The van der Waals surface area contributed by atoms with Gasteiger partial charge in [-0.15, -0.1) is 0 Å². The lowest BCUT2D eigenvalue weighted by atomic mass is 10.1. The first-order valence-electron chi connectivity index (χ1n) is 11.2. The number of amides is 1. The fraction of sp³-hybridized carbons (Fsp3) is 0.360. The van der Waals surface area contributed by atoms with Gasteiger partial charge in [-0.05, 0) is 55.9 Å². The zero-order valence-electron chi connectivity index (χ0n) is 19.6. The standard InChI is InChI=1S/C25H31FN4O3/c1-5-22-21(17-27-30(22)20-11-8-18(26)9-12-20)25(31)28-19-10-13-23(32-4)24(16-19)33-15-14-29(6-2)7-3/h8-13,16-17H,5-7,14-15H2,1-4H3,(H,28,31). The van der Waals surface area contributed by atoms with Crippen LogP contribution in [-0.2, 0) is 6.42 Å². The van der Waals surface area contributed by atoms with Crippen molar-refractivity contribution in [2.24, 2.45) is 0 Å². The SMILES string of the molecule is CCc1c(C(=O)Nc2ccc(OC)c(OCCN(CC)CC)c2)cnn1-c1ccc(F)cc1. The maximum atomic E-state index is 13.3. The summed E-state index contributed by atoms with van der Waals surface area (Å²) in [7, 11) is 1.59. The Labute approximate surface area is 194 Å². The third kappa shape index (κ3) is 5.90. The number of anilines is 1. The number of ether oxygens (including phenoxy) is 2. The minimum atomic E-state index is -0.323. The fourth-order valence-corrected chi connectivity index (χ4v) is 3.60. The highest BCUT2D eigenvalue weighted by molar-refractivity contribution is 6.05. The lowest BCUT2D eigenvalue weighted by Gasteiger charge is -2.19. The molecule has 1 aromatic heterocycles. The average molecular weight is 455 g/mol. The molecule has 0 aliphatic heterocycles. The molecule has 1 N–H and O–H groups in total. The van der Waals surface area contributed by atoms with Gasteiger partial charge >= 0.3 is 0 Å². The van der Waals surface area contributed by atoms with E-state index < -0.39 is 0 Å². The van der Waals surface area contributed by atoms with E-state index in [1.165, 1.54) is 18.3 Å². The van der Waals surface area contributed by atoms with Gasteiger partial charge in [-0.2, -0.15) is 5.10 Å². The molecule has 0 radical (unpaired) electrons. The van der Waals surface area contributed by atoms with Crippen LogP contribution in [0.3, 0.4) is 0 Å². The third-order valence-electron chi connectivity index (χ3n) is 5.50. The second-order valence-corrected chi connectivity index (χ2v) is 7.44. The Bertz CT molecular complexity index is 1060. The van der Waals surface area contributed by atoms with E-state index >= 15 is 0 Å². The molecule has 0 saturated heterocycles. The Morgan fingerprint density at radius 3 is 2.45 bits per heavy atom. The van der Waals surface area contributed by atoms with Crippen molar-refractivity contribution < 1.29 is 18.7 Å². The van der Waals surface area contributed by atoms with Crippen molar-refractivity contribution in [3.8, 4) is 17.2 Å². The van der Waals surface area contributed by atoms with Gasteiger partial charge < -0.3 is 19.7 Å². The average Bonchev–Trinajstić information content (AvgIpc) is 3.27. The Balaban J connectivity index is 1.76. The van der Waals surface area contributed by atoms with Gasteiger partial charge in [0.05, 0.1) is 30.3 Å². The van der Waals surface area contributed by atoms with E-state index in [1.54, 1.807) is 42.1 Å². The molecule has 176 valence electrons. The van der Waals surface area contributed by atoms with E-state index in [9.17, 15) is 9.18 Å².